The Kier molecular flexibility index (Phi) is 7.42. The maximum atomic E-state index is 11.8. The van der Waals surface area contributed by atoms with Crippen molar-refractivity contribution in [1.82, 2.24) is 0 Å². The van der Waals surface area contributed by atoms with Crippen molar-refractivity contribution in [3.05, 3.63) is 11.6 Å². The molecule has 0 unspecified atom stereocenters. The van der Waals surface area contributed by atoms with Gasteiger partial charge in [-0.3, -0.25) is 4.79 Å². The second-order valence-corrected chi connectivity index (χ2v) is 5.96. The van der Waals surface area contributed by atoms with Crippen LogP contribution in [0.3, 0.4) is 0 Å². The summed E-state index contributed by atoms with van der Waals surface area (Å²) < 4.78 is 10.3. The van der Waals surface area contributed by atoms with Crippen molar-refractivity contribution >= 4 is 11.9 Å². The van der Waals surface area contributed by atoms with Gasteiger partial charge in [-0.05, 0) is 33.1 Å². The van der Waals surface area contributed by atoms with Gasteiger partial charge in [0, 0.05) is 0 Å². The molecule has 0 aliphatic heterocycles. The third-order valence-electron chi connectivity index (χ3n) is 2.23. The molecule has 0 N–H and O–H groups in total. The van der Waals surface area contributed by atoms with E-state index in [1.165, 1.54) is 0 Å². The van der Waals surface area contributed by atoms with Crippen molar-refractivity contribution in [2.75, 3.05) is 13.2 Å². The lowest BCUT2D eigenvalue weighted by atomic mass is 9.97. The standard InChI is InChI=1S/C15H26O4/c1-7-8-12(13(16)18-9-11(2)3)10-19-14(17)15(4,5)6/h8,11H,7,9-10H2,1-6H3. The Labute approximate surface area is 116 Å². The lowest BCUT2D eigenvalue weighted by Crippen LogP contribution is -2.25. The van der Waals surface area contributed by atoms with Gasteiger partial charge in [-0.2, -0.15) is 0 Å². The van der Waals surface area contributed by atoms with Gasteiger partial charge in [0.15, 0.2) is 0 Å². The zero-order valence-corrected chi connectivity index (χ0v) is 12.9. The van der Waals surface area contributed by atoms with Crippen LogP contribution in [0.2, 0.25) is 0 Å². The highest BCUT2D eigenvalue weighted by Gasteiger charge is 2.24. The fourth-order valence-corrected chi connectivity index (χ4v) is 1.14. The van der Waals surface area contributed by atoms with Crippen LogP contribution in [0.25, 0.3) is 0 Å². The molecule has 0 atom stereocenters. The summed E-state index contributed by atoms with van der Waals surface area (Å²) in [4.78, 5) is 23.5. The first-order valence-electron chi connectivity index (χ1n) is 6.71. The predicted molar refractivity (Wildman–Crippen MR) is 74.6 cm³/mol. The summed E-state index contributed by atoms with van der Waals surface area (Å²) >= 11 is 0. The molecule has 0 rings (SSSR count). The minimum absolute atomic E-state index is 0.0269. The molecule has 0 aromatic carbocycles. The zero-order chi connectivity index (χ0) is 15.1. The summed E-state index contributed by atoms with van der Waals surface area (Å²) in [6.45, 7) is 11.5. The van der Waals surface area contributed by atoms with Gasteiger partial charge < -0.3 is 9.47 Å². The van der Waals surface area contributed by atoms with E-state index in [1.54, 1.807) is 26.8 Å². The molecule has 0 aliphatic rings. The van der Waals surface area contributed by atoms with Crippen LogP contribution in [-0.2, 0) is 19.1 Å². The molecule has 0 fully saturated rings. The summed E-state index contributed by atoms with van der Waals surface area (Å²) in [6, 6.07) is 0. The third-order valence-corrected chi connectivity index (χ3v) is 2.23. The Morgan fingerprint density at radius 2 is 1.74 bits per heavy atom. The van der Waals surface area contributed by atoms with Gasteiger partial charge in [-0.15, -0.1) is 0 Å². The summed E-state index contributed by atoms with van der Waals surface area (Å²) in [6.07, 6.45) is 2.43. The van der Waals surface area contributed by atoms with E-state index in [0.29, 0.717) is 18.6 Å². The number of carbonyl (C=O) groups is 2. The van der Waals surface area contributed by atoms with E-state index >= 15 is 0 Å². The van der Waals surface area contributed by atoms with Gasteiger partial charge in [0.05, 0.1) is 17.6 Å². The number of carbonyl (C=O) groups excluding carboxylic acids is 2. The molecule has 0 saturated carbocycles. The number of hydrogen-bond donors (Lipinski definition) is 0. The minimum atomic E-state index is -0.570. The van der Waals surface area contributed by atoms with Crippen LogP contribution < -0.4 is 0 Å². The Balaban J connectivity index is 4.47. The molecule has 0 bridgehead atoms. The molecule has 4 heteroatoms. The molecule has 4 nitrogen and oxygen atoms in total. The van der Waals surface area contributed by atoms with Crippen LogP contribution in [0.15, 0.2) is 11.6 Å². The fraction of sp³-hybridized carbons (Fsp3) is 0.733. The number of esters is 2. The molecule has 0 saturated heterocycles. The SMILES string of the molecule is CCC=C(COC(=O)C(C)(C)C)C(=O)OCC(C)C. The molecule has 0 radical (unpaired) electrons. The van der Waals surface area contributed by atoms with Gasteiger partial charge in [0.25, 0.3) is 0 Å². The zero-order valence-electron chi connectivity index (χ0n) is 12.9. The predicted octanol–water partition coefficient (Wildman–Crippen LogP) is 3.11. The van der Waals surface area contributed by atoms with Crippen molar-refractivity contribution in [3.63, 3.8) is 0 Å². The average Bonchev–Trinajstić information content (AvgIpc) is 2.29. The summed E-state index contributed by atoms with van der Waals surface area (Å²) in [5, 5.41) is 0. The van der Waals surface area contributed by atoms with E-state index in [0.717, 1.165) is 0 Å². The van der Waals surface area contributed by atoms with Gasteiger partial charge >= 0.3 is 11.9 Å². The fourth-order valence-electron chi connectivity index (χ4n) is 1.14. The van der Waals surface area contributed by atoms with Gasteiger partial charge in [-0.1, -0.05) is 26.8 Å². The smallest absolute Gasteiger partial charge is 0.337 e. The first kappa shape index (κ1) is 17.7. The first-order valence-corrected chi connectivity index (χ1v) is 6.71. The molecule has 0 amide bonds. The van der Waals surface area contributed by atoms with Crippen LogP contribution in [-0.4, -0.2) is 25.2 Å². The highest BCUT2D eigenvalue weighted by atomic mass is 16.5. The summed E-state index contributed by atoms with van der Waals surface area (Å²) in [5.41, 5.74) is -0.167. The minimum Gasteiger partial charge on any atom is -0.462 e. The molecular weight excluding hydrogens is 244 g/mol. The second-order valence-electron chi connectivity index (χ2n) is 5.96. The largest absolute Gasteiger partial charge is 0.462 e. The van der Waals surface area contributed by atoms with Gasteiger partial charge in [-0.25, -0.2) is 4.79 Å². The van der Waals surface area contributed by atoms with Crippen LogP contribution in [0.4, 0.5) is 0 Å². The van der Waals surface area contributed by atoms with Gasteiger partial charge in [0.2, 0.25) is 0 Å². The molecule has 0 heterocycles. The summed E-state index contributed by atoms with van der Waals surface area (Å²) in [5.74, 6) is -0.452. The highest BCUT2D eigenvalue weighted by Crippen LogP contribution is 2.16. The molecule has 110 valence electrons. The molecular formula is C15H26O4. The van der Waals surface area contributed by atoms with E-state index in [2.05, 4.69) is 0 Å². The van der Waals surface area contributed by atoms with Crippen LogP contribution in [0.1, 0.15) is 48.0 Å². The number of allylic oxidation sites excluding steroid dienone is 1. The first-order chi connectivity index (χ1) is 8.68. The Morgan fingerprint density at radius 1 is 1.16 bits per heavy atom. The van der Waals surface area contributed by atoms with Crippen molar-refractivity contribution < 1.29 is 19.1 Å². The quantitative estimate of drug-likeness (QED) is 0.549. The average molecular weight is 270 g/mol. The van der Waals surface area contributed by atoms with E-state index in [9.17, 15) is 9.59 Å². The highest BCUT2D eigenvalue weighted by molar-refractivity contribution is 5.89. The maximum Gasteiger partial charge on any atom is 0.337 e. The van der Waals surface area contributed by atoms with Crippen molar-refractivity contribution in [3.8, 4) is 0 Å². The number of ether oxygens (including phenoxy) is 2. The van der Waals surface area contributed by atoms with E-state index in [4.69, 9.17) is 9.47 Å². The monoisotopic (exact) mass is 270 g/mol. The number of rotatable bonds is 6. The van der Waals surface area contributed by atoms with E-state index in [-0.39, 0.29) is 18.5 Å². The maximum absolute atomic E-state index is 11.8. The van der Waals surface area contributed by atoms with Crippen molar-refractivity contribution in [2.45, 2.75) is 48.0 Å². The Hall–Kier alpha value is -1.32. The molecule has 0 aromatic heterocycles. The van der Waals surface area contributed by atoms with Crippen molar-refractivity contribution in [2.24, 2.45) is 11.3 Å². The van der Waals surface area contributed by atoms with Crippen LogP contribution in [0.5, 0.6) is 0 Å². The third kappa shape index (κ3) is 7.65. The Bertz CT molecular complexity index is 335. The Morgan fingerprint density at radius 3 is 2.16 bits per heavy atom. The second kappa shape index (κ2) is 7.97. The van der Waals surface area contributed by atoms with Crippen LogP contribution >= 0.6 is 0 Å². The normalized spacial score (nSPS) is 12.5. The van der Waals surface area contributed by atoms with Crippen molar-refractivity contribution in [1.29, 1.82) is 0 Å². The van der Waals surface area contributed by atoms with Gasteiger partial charge in [0.1, 0.15) is 6.61 Å². The van der Waals surface area contributed by atoms with E-state index in [1.807, 2.05) is 20.8 Å². The molecule has 0 aliphatic carbocycles. The number of hydrogen-bond acceptors (Lipinski definition) is 4. The lowest BCUT2D eigenvalue weighted by molar-refractivity contribution is -0.152. The molecule has 0 spiro atoms. The lowest BCUT2D eigenvalue weighted by Gasteiger charge is -2.17. The molecule has 19 heavy (non-hydrogen) atoms. The van der Waals surface area contributed by atoms with Crippen LogP contribution in [0, 0.1) is 11.3 Å². The molecule has 0 aromatic rings. The topological polar surface area (TPSA) is 52.6 Å². The summed E-state index contributed by atoms with van der Waals surface area (Å²) in [7, 11) is 0. The van der Waals surface area contributed by atoms with E-state index < -0.39 is 11.4 Å².